The van der Waals surface area contributed by atoms with Crippen LogP contribution in [0.15, 0.2) is 34.8 Å². The number of methoxy groups -OCH3 is 1. The van der Waals surface area contributed by atoms with Crippen molar-refractivity contribution >= 4 is 32.7 Å². The van der Waals surface area contributed by atoms with Crippen LogP contribution >= 0.6 is 15.9 Å². The lowest BCUT2D eigenvalue weighted by Gasteiger charge is -2.13. The van der Waals surface area contributed by atoms with Gasteiger partial charge in [0.1, 0.15) is 5.75 Å². The molecule has 0 saturated heterocycles. The summed E-state index contributed by atoms with van der Waals surface area (Å²) in [6.07, 6.45) is 0. The Bertz CT molecular complexity index is 607. The highest BCUT2D eigenvalue weighted by molar-refractivity contribution is 9.10. The maximum Gasteiger partial charge on any atom is 0.310 e. The van der Waals surface area contributed by atoms with E-state index in [0.29, 0.717) is 0 Å². The summed E-state index contributed by atoms with van der Waals surface area (Å²) >= 11 is 3.49. The van der Waals surface area contributed by atoms with Crippen molar-refractivity contribution in [2.24, 2.45) is 0 Å². The van der Waals surface area contributed by atoms with Gasteiger partial charge in [0.2, 0.25) is 0 Å². The van der Waals surface area contributed by atoms with Crippen LogP contribution in [0.25, 0.3) is 10.8 Å². The average molecular weight is 309 g/mol. The highest BCUT2D eigenvalue weighted by atomic mass is 79.9. The Labute approximate surface area is 114 Å². The summed E-state index contributed by atoms with van der Waals surface area (Å²) in [6, 6.07) is 9.39. The fourth-order valence-corrected chi connectivity index (χ4v) is 2.63. The van der Waals surface area contributed by atoms with Crippen molar-refractivity contribution in [3.8, 4) is 5.75 Å². The van der Waals surface area contributed by atoms with Crippen molar-refractivity contribution in [1.29, 1.82) is 0 Å². The molecule has 0 amide bonds. The number of benzene rings is 2. The Hall–Kier alpha value is -1.55. The third-order valence-corrected chi connectivity index (χ3v) is 3.87. The van der Waals surface area contributed by atoms with Crippen LogP contribution in [0.5, 0.6) is 5.75 Å². The molecule has 1 atom stereocenters. The Balaban J connectivity index is 2.72. The van der Waals surface area contributed by atoms with Gasteiger partial charge in [-0.3, -0.25) is 4.79 Å². The predicted octanol–water partition coefficient (Wildman–Crippen LogP) is 3.80. The number of fused-ring (bicyclic) bond motifs is 1. The van der Waals surface area contributed by atoms with Crippen LogP contribution in [0.2, 0.25) is 0 Å². The van der Waals surface area contributed by atoms with E-state index >= 15 is 0 Å². The summed E-state index contributed by atoms with van der Waals surface area (Å²) < 4.78 is 6.09. The molecule has 2 aromatic rings. The minimum Gasteiger partial charge on any atom is -0.496 e. The number of ether oxygens (including phenoxy) is 1. The van der Waals surface area contributed by atoms with E-state index in [1.54, 1.807) is 14.0 Å². The molecule has 2 rings (SSSR count). The lowest BCUT2D eigenvalue weighted by molar-refractivity contribution is -0.138. The summed E-state index contributed by atoms with van der Waals surface area (Å²) in [6.45, 7) is 1.69. The second-order valence-corrected chi connectivity index (χ2v) is 4.88. The highest BCUT2D eigenvalue weighted by Gasteiger charge is 2.17. The Morgan fingerprint density at radius 2 is 2.00 bits per heavy atom. The zero-order chi connectivity index (χ0) is 13.3. The molecule has 0 bridgehead atoms. The molecule has 0 aliphatic rings. The molecule has 0 heterocycles. The second-order valence-electron chi connectivity index (χ2n) is 4.08. The van der Waals surface area contributed by atoms with Crippen LogP contribution in [0.4, 0.5) is 0 Å². The fourth-order valence-electron chi connectivity index (χ4n) is 1.99. The second kappa shape index (κ2) is 4.98. The van der Waals surface area contributed by atoms with Crippen molar-refractivity contribution in [3.63, 3.8) is 0 Å². The minimum absolute atomic E-state index is 0.533. The molecule has 1 unspecified atom stereocenters. The Morgan fingerprint density at radius 1 is 1.28 bits per heavy atom. The third kappa shape index (κ3) is 2.08. The van der Waals surface area contributed by atoms with E-state index in [1.807, 2.05) is 30.3 Å². The van der Waals surface area contributed by atoms with E-state index in [1.165, 1.54) is 0 Å². The van der Waals surface area contributed by atoms with Crippen molar-refractivity contribution in [1.82, 2.24) is 0 Å². The van der Waals surface area contributed by atoms with Gasteiger partial charge >= 0.3 is 5.97 Å². The molecular weight excluding hydrogens is 296 g/mol. The predicted molar refractivity (Wildman–Crippen MR) is 74.3 cm³/mol. The molecule has 4 heteroatoms. The average Bonchev–Trinajstić information content (AvgIpc) is 2.38. The number of hydrogen-bond acceptors (Lipinski definition) is 2. The number of rotatable bonds is 3. The van der Waals surface area contributed by atoms with E-state index in [2.05, 4.69) is 15.9 Å². The van der Waals surface area contributed by atoms with Gasteiger partial charge in [0.15, 0.2) is 0 Å². The van der Waals surface area contributed by atoms with E-state index in [0.717, 1.165) is 26.6 Å². The molecule has 0 aliphatic heterocycles. The quantitative estimate of drug-likeness (QED) is 0.938. The number of carboxylic acids is 1. The van der Waals surface area contributed by atoms with Crippen LogP contribution in [-0.4, -0.2) is 18.2 Å². The summed E-state index contributed by atoms with van der Waals surface area (Å²) in [5.41, 5.74) is 0.809. The molecule has 0 saturated carbocycles. The smallest absolute Gasteiger partial charge is 0.310 e. The molecule has 0 aromatic heterocycles. The first-order valence-electron chi connectivity index (χ1n) is 5.54. The fraction of sp³-hybridized carbons (Fsp3) is 0.214. The van der Waals surface area contributed by atoms with Crippen LogP contribution in [0.3, 0.4) is 0 Å². The van der Waals surface area contributed by atoms with Crippen LogP contribution in [0, 0.1) is 0 Å². The Kier molecular flexibility index (Phi) is 3.57. The highest BCUT2D eigenvalue weighted by Crippen LogP contribution is 2.36. The van der Waals surface area contributed by atoms with Gasteiger partial charge < -0.3 is 9.84 Å². The van der Waals surface area contributed by atoms with Gasteiger partial charge in [0, 0.05) is 0 Å². The first-order valence-corrected chi connectivity index (χ1v) is 6.33. The SMILES string of the molecule is COc1ccc2c(C(C)C(=O)O)cccc2c1Br. The van der Waals surface area contributed by atoms with Crippen molar-refractivity contribution in [2.45, 2.75) is 12.8 Å². The number of carboxylic acid groups (broad SMARTS) is 1. The first-order chi connectivity index (χ1) is 8.56. The molecule has 0 aliphatic carbocycles. The summed E-state index contributed by atoms with van der Waals surface area (Å²) in [7, 11) is 1.61. The molecule has 0 spiro atoms. The lowest BCUT2D eigenvalue weighted by Crippen LogP contribution is -2.07. The number of halogens is 1. The third-order valence-electron chi connectivity index (χ3n) is 3.05. The van der Waals surface area contributed by atoms with Gasteiger partial charge in [0.05, 0.1) is 17.5 Å². The van der Waals surface area contributed by atoms with Crippen LogP contribution in [-0.2, 0) is 4.79 Å². The molecule has 0 fully saturated rings. The maximum atomic E-state index is 11.1. The molecule has 0 radical (unpaired) electrons. The standard InChI is InChI=1S/C14H13BrO3/c1-8(14(16)17)9-4-3-5-11-10(9)6-7-12(18-2)13(11)15/h3-8H,1-2H3,(H,16,17). The molecule has 94 valence electrons. The largest absolute Gasteiger partial charge is 0.496 e. The number of aliphatic carboxylic acids is 1. The maximum absolute atomic E-state index is 11.1. The van der Waals surface area contributed by atoms with Crippen LogP contribution in [0.1, 0.15) is 18.4 Å². The van der Waals surface area contributed by atoms with E-state index in [-0.39, 0.29) is 0 Å². The van der Waals surface area contributed by atoms with Gasteiger partial charge in [-0.05, 0) is 45.3 Å². The lowest BCUT2D eigenvalue weighted by atomic mass is 9.95. The van der Waals surface area contributed by atoms with Crippen molar-refractivity contribution < 1.29 is 14.6 Å². The molecule has 18 heavy (non-hydrogen) atoms. The summed E-state index contributed by atoms with van der Waals surface area (Å²) in [5.74, 6) is -0.619. The molecule has 2 aromatic carbocycles. The van der Waals surface area contributed by atoms with Gasteiger partial charge in [-0.2, -0.15) is 0 Å². The van der Waals surface area contributed by atoms with Crippen molar-refractivity contribution in [2.75, 3.05) is 7.11 Å². The normalized spacial score (nSPS) is 12.4. The van der Waals surface area contributed by atoms with E-state index in [4.69, 9.17) is 9.84 Å². The molecule has 1 N–H and O–H groups in total. The number of carbonyl (C=O) groups is 1. The van der Waals surface area contributed by atoms with Crippen LogP contribution < -0.4 is 4.74 Å². The summed E-state index contributed by atoms with van der Waals surface area (Å²) in [5, 5.41) is 11.0. The van der Waals surface area contributed by atoms with E-state index < -0.39 is 11.9 Å². The van der Waals surface area contributed by atoms with Gasteiger partial charge in [0.25, 0.3) is 0 Å². The Morgan fingerprint density at radius 3 is 2.61 bits per heavy atom. The molecular formula is C14H13BrO3. The van der Waals surface area contributed by atoms with E-state index in [9.17, 15) is 4.79 Å². The topological polar surface area (TPSA) is 46.5 Å². The first kappa shape index (κ1) is 12.9. The van der Waals surface area contributed by atoms with Gasteiger partial charge in [-0.1, -0.05) is 24.3 Å². The minimum atomic E-state index is -0.825. The molecule has 3 nitrogen and oxygen atoms in total. The zero-order valence-corrected chi connectivity index (χ0v) is 11.7. The van der Waals surface area contributed by atoms with Gasteiger partial charge in [-0.15, -0.1) is 0 Å². The van der Waals surface area contributed by atoms with Crippen molar-refractivity contribution in [3.05, 3.63) is 40.4 Å². The zero-order valence-electron chi connectivity index (χ0n) is 10.1. The monoisotopic (exact) mass is 308 g/mol. The number of hydrogen-bond donors (Lipinski definition) is 1. The van der Waals surface area contributed by atoms with Gasteiger partial charge in [-0.25, -0.2) is 0 Å². The summed E-state index contributed by atoms with van der Waals surface area (Å²) in [4.78, 5) is 11.1.